The minimum atomic E-state index is -0.158. The predicted molar refractivity (Wildman–Crippen MR) is 138 cm³/mol. The number of allylic oxidation sites excluding steroid dienone is 1. The van der Waals surface area contributed by atoms with Gasteiger partial charge in [-0.15, -0.1) is 0 Å². The van der Waals surface area contributed by atoms with Crippen LogP contribution in [0.1, 0.15) is 19.4 Å². The van der Waals surface area contributed by atoms with Gasteiger partial charge in [-0.3, -0.25) is 24.9 Å². The summed E-state index contributed by atoms with van der Waals surface area (Å²) in [5, 5.41) is 11.3. The van der Waals surface area contributed by atoms with Crippen molar-refractivity contribution < 1.29 is 4.79 Å². The lowest BCUT2D eigenvalue weighted by Crippen LogP contribution is -2.39. The molecule has 0 bridgehead atoms. The SMILES string of the molecule is CC(C)C(=O)NC1C=C(c2cnc3n[nH]c(-c4nc5c(-c6ccncc6)cncc5[nH]4)c3c2)C=NC1. The summed E-state index contributed by atoms with van der Waals surface area (Å²) < 4.78 is 0. The molecule has 1 aliphatic rings. The van der Waals surface area contributed by atoms with E-state index in [0.29, 0.717) is 18.0 Å². The summed E-state index contributed by atoms with van der Waals surface area (Å²) >= 11 is 0. The highest BCUT2D eigenvalue weighted by atomic mass is 16.1. The van der Waals surface area contributed by atoms with Crippen molar-refractivity contribution in [2.24, 2.45) is 10.9 Å². The maximum atomic E-state index is 12.1. The molecule has 1 unspecified atom stereocenters. The van der Waals surface area contributed by atoms with E-state index in [0.717, 1.165) is 44.4 Å². The molecule has 6 rings (SSSR count). The third kappa shape index (κ3) is 3.92. The number of amides is 1. The Morgan fingerprint density at radius 2 is 1.97 bits per heavy atom. The Morgan fingerprint density at radius 3 is 2.81 bits per heavy atom. The number of carbonyl (C=O) groups excluding carboxylic acids is 1. The molecule has 0 saturated heterocycles. The summed E-state index contributed by atoms with van der Waals surface area (Å²) in [7, 11) is 0. The summed E-state index contributed by atoms with van der Waals surface area (Å²) in [5.41, 5.74) is 6.62. The molecule has 0 fully saturated rings. The molecule has 36 heavy (non-hydrogen) atoms. The molecule has 5 aromatic heterocycles. The Morgan fingerprint density at radius 1 is 1.11 bits per heavy atom. The lowest BCUT2D eigenvalue weighted by atomic mass is 10.0. The van der Waals surface area contributed by atoms with Gasteiger partial charge in [0.2, 0.25) is 5.91 Å². The maximum absolute atomic E-state index is 12.1. The Hall–Kier alpha value is -4.73. The van der Waals surface area contributed by atoms with E-state index in [1.165, 1.54) is 0 Å². The average molecular weight is 478 g/mol. The number of fused-ring (bicyclic) bond motifs is 2. The van der Waals surface area contributed by atoms with E-state index in [1.54, 1.807) is 31.0 Å². The number of nitrogens with one attached hydrogen (secondary N) is 3. The lowest BCUT2D eigenvalue weighted by molar-refractivity contribution is -0.124. The number of H-pyrrole nitrogens is 2. The molecule has 10 heteroatoms. The highest BCUT2D eigenvalue weighted by molar-refractivity contribution is 6.11. The van der Waals surface area contributed by atoms with Crippen LogP contribution < -0.4 is 5.32 Å². The highest BCUT2D eigenvalue weighted by Crippen LogP contribution is 2.31. The minimum Gasteiger partial charge on any atom is -0.348 e. The van der Waals surface area contributed by atoms with Crippen molar-refractivity contribution in [2.75, 3.05) is 6.54 Å². The Balaban J connectivity index is 1.39. The molecule has 1 atom stereocenters. The molecule has 10 nitrogen and oxygen atoms in total. The fourth-order valence-corrected chi connectivity index (χ4v) is 4.22. The molecule has 3 N–H and O–H groups in total. The van der Waals surface area contributed by atoms with Gasteiger partial charge in [0.05, 0.1) is 35.2 Å². The Kier molecular flexibility index (Phi) is 5.33. The number of nitrogens with zero attached hydrogens (tertiary/aromatic N) is 6. The molecule has 0 aromatic carbocycles. The minimum absolute atomic E-state index is 0.00362. The second-order valence-corrected chi connectivity index (χ2v) is 8.98. The zero-order chi connectivity index (χ0) is 24.6. The van der Waals surface area contributed by atoms with Gasteiger partial charge in [0.15, 0.2) is 11.5 Å². The van der Waals surface area contributed by atoms with Gasteiger partial charge in [0.1, 0.15) is 5.69 Å². The van der Waals surface area contributed by atoms with Crippen molar-refractivity contribution in [1.29, 1.82) is 0 Å². The molecule has 5 aromatic rings. The van der Waals surface area contributed by atoms with Gasteiger partial charge in [0, 0.05) is 48.0 Å². The molecule has 178 valence electrons. The molecular formula is C26H23N9O. The number of pyridine rings is 3. The number of aromatic nitrogens is 7. The summed E-state index contributed by atoms with van der Waals surface area (Å²) in [4.78, 5) is 37.9. The van der Waals surface area contributed by atoms with E-state index in [9.17, 15) is 4.79 Å². The van der Waals surface area contributed by atoms with Gasteiger partial charge in [-0.05, 0) is 29.3 Å². The van der Waals surface area contributed by atoms with Gasteiger partial charge < -0.3 is 10.3 Å². The Labute approximate surface area is 206 Å². The number of imidazole rings is 1. The van der Waals surface area contributed by atoms with E-state index >= 15 is 0 Å². The van der Waals surface area contributed by atoms with E-state index in [-0.39, 0.29) is 17.9 Å². The van der Waals surface area contributed by atoms with Crippen LogP contribution >= 0.6 is 0 Å². The van der Waals surface area contributed by atoms with Crippen molar-refractivity contribution in [2.45, 2.75) is 19.9 Å². The van der Waals surface area contributed by atoms with E-state index in [1.807, 2.05) is 44.3 Å². The zero-order valence-corrected chi connectivity index (χ0v) is 19.7. The van der Waals surface area contributed by atoms with Crippen LogP contribution in [0.15, 0.2) is 60.3 Å². The first-order chi connectivity index (χ1) is 17.6. The lowest BCUT2D eigenvalue weighted by Gasteiger charge is -2.19. The van der Waals surface area contributed by atoms with E-state index < -0.39 is 0 Å². The van der Waals surface area contributed by atoms with Crippen LogP contribution in [0.5, 0.6) is 0 Å². The fraction of sp³-hybridized carbons (Fsp3) is 0.192. The average Bonchev–Trinajstić information content (AvgIpc) is 3.53. The van der Waals surface area contributed by atoms with Crippen molar-refractivity contribution >= 4 is 39.8 Å². The quantitative estimate of drug-likeness (QED) is 0.354. The van der Waals surface area contributed by atoms with Crippen molar-refractivity contribution in [1.82, 2.24) is 40.4 Å². The van der Waals surface area contributed by atoms with Crippen molar-refractivity contribution in [3.8, 4) is 22.6 Å². The number of rotatable bonds is 5. The van der Waals surface area contributed by atoms with Crippen LogP contribution in [0.4, 0.5) is 0 Å². The van der Waals surface area contributed by atoms with Gasteiger partial charge in [0.25, 0.3) is 0 Å². The van der Waals surface area contributed by atoms with Crippen LogP contribution in [-0.4, -0.2) is 59.8 Å². The monoisotopic (exact) mass is 477 g/mol. The number of aromatic amines is 2. The zero-order valence-electron chi connectivity index (χ0n) is 19.7. The molecule has 6 heterocycles. The maximum Gasteiger partial charge on any atom is 0.223 e. The van der Waals surface area contributed by atoms with Crippen molar-refractivity contribution in [3.63, 3.8) is 0 Å². The largest absolute Gasteiger partial charge is 0.348 e. The first-order valence-corrected chi connectivity index (χ1v) is 11.7. The number of hydrogen-bond donors (Lipinski definition) is 3. The number of dihydropyridines is 1. The first kappa shape index (κ1) is 21.8. The molecule has 0 radical (unpaired) electrons. The number of hydrogen-bond acceptors (Lipinski definition) is 7. The normalized spacial score (nSPS) is 15.5. The smallest absolute Gasteiger partial charge is 0.223 e. The number of aliphatic imine (C=N–C) groups is 1. The van der Waals surface area contributed by atoms with Gasteiger partial charge in [-0.2, -0.15) is 5.10 Å². The van der Waals surface area contributed by atoms with Gasteiger partial charge >= 0.3 is 0 Å². The molecule has 0 spiro atoms. The molecule has 1 aliphatic heterocycles. The second-order valence-electron chi connectivity index (χ2n) is 8.98. The van der Waals surface area contributed by atoms with Crippen molar-refractivity contribution in [3.05, 3.63) is 60.8 Å². The second kappa shape index (κ2) is 8.81. The summed E-state index contributed by atoms with van der Waals surface area (Å²) in [6.45, 7) is 4.26. The van der Waals surface area contributed by atoms with Crippen LogP contribution in [0.25, 0.3) is 50.3 Å². The first-order valence-electron chi connectivity index (χ1n) is 11.7. The van der Waals surface area contributed by atoms with Crippen LogP contribution in [0.2, 0.25) is 0 Å². The van der Waals surface area contributed by atoms with Gasteiger partial charge in [-0.25, -0.2) is 9.97 Å². The third-order valence-electron chi connectivity index (χ3n) is 6.13. The molecule has 0 aliphatic carbocycles. The molecule has 0 saturated carbocycles. The van der Waals surface area contributed by atoms with E-state index in [2.05, 4.69) is 40.4 Å². The molecule has 1 amide bonds. The van der Waals surface area contributed by atoms with Gasteiger partial charge in [-0.1, -0.05) is 19.9 Å². The topological polar surface area (TPSA) is 137 Å². The predicted octanol–water partition coefficient (Wildman–Crippen LogP) is 3.57. The highest BCUT2D eigenvalue weighted by Gasteiger charge is 2.19. The summed E-state index contributed by atoms with van der Waals surface area (Å²) in [6, 6.07) is 5.72. The van der Waals surface area contributed by atoms with Crippen LogP contribution in [-0.2, 0) is 4.79 Å². The number of carbonyl (C=O) groups is 1. The van der Waals surface area contributed by atoms with Crippen LogP contribution in [0.3, 0.4) is 0 Å². The van der Waals surface area contributed by atoms with E-state index in [4.69, 9.17) is 4.98 Å². The Bertz CT molecular complexity index is 1650. The summed E-state index contributed by atoms with van der Waals surface area (Å²) in [6.07, 6.45) is 12.7. The fourth-order valence-electron chi connectivity index (χ4n) is 4.22. The molecular weight excluding hydrogens is 454 g/mol. The third-order valence-corrected chi connectivity index (χ3v) is 6.13. The standard InChI is InChI=1S/C26H23N9O/c1-14(2)26(36)31-18-7-16(9-28-11-18)17-8-19-23(34-35-24(19)30-10-17)25-32-21-13-29-12-20(22(21)33-25)15-3-5-27-6-4-15/h3-10,12-14,18H,11H2,1-2H3,(H,31,36)(H,32,33)(H,30,34,35). The van der Waals surface area contributed by atoms with Crippen LogP contribution in [0, 0.1) is 5.92 Å². The summed E-state index contributed by atoms with van der Waals surface area (Å²) in [5.74, 6) is 0.560.